The number of carboxylic acids is 1. The van der Waals surface area contributed by atoms with Gasteiger partial charge in [0.05, 0.1) is 13.4 Å². The zero-order valence-electron chi connectivity index (χ0n) is 22.0. The van der Waals surface area contributed by atoms with E-state index >= 15 is 0 Å². The number of pyridine rings is 1. The number of benzene rings is 2. The maximum Gasteiger partial charge on any atom is 0.326 e. The van der Waals surface area contributed by atoms with E-state index in [1.807, 2.05) is 25.1 Å². The number of aliphatic carboxylic acids is 1. The Kier molecular flexibility index (Phi) is 8.60. The Balaban J connectivity index is 1.40. The summed E-state index contributed by atoms with van der Waals surface area (Å²) in [5, 5.41) is 15.6. The molecule has 3 N–H and O–H groups in total. The van der Waals surface area contributed by atoms with Gasteiger partial charge in [-0.2, -0.15) is 0 Å². The molecule has 4 aromatic rings. The van der Waals surface area contributed by atoms with Crippen LogP contribution in [0.15, 0.2) is 71.5 Å². The molecule has 2 aromatic carbocycles. The summed E-state index contributed by atoms with van der Waals surface area (Å²) >= 11 is 0. The average molecular weight is 532 g/mol. The summed E-state index contributed by atoms with van der Waals surface area (Å²) in [6, 6.07) is 14.2. The summed E-state index contributed by atoms with van der Waals surface area (Å²) < 4.78 is 24.7. The van der Waals surface area contributed by atoms with Crippen LogP contribution in [0.4, 0.5) is 10.2 Å². The Morgan fingerprint density at radius 1 is 1.10 bits per heavy atom. The molecule has 2 aromatic heterocycles. The number of methoxy groups -OCH3 is 1. The summed E-state index contributed by atoms with van der Waals surface area (Å²) in [5.74, 6) is -0.0554. The highest BCUT2D eigenvalue weighted by atomic mass is 19.1. The van der Waals surface area contributed by atoms with Crippen LogP contribution in [0.5, 0.6) is 5.75 Å². The van der Waals surface area contributed by atoms with Crippen molar-refractivity contribution in [3.8, 4) is 17.1 Å². The number of halogens is 1. The first-order valence-electron chi connectivity index (χ1n) is 12.5. The van der Waals surface area contributed by atoms with E-state index in [2.05, 4.69) is 15.6 Å². The fraction of sp³-hybridized carbons (Fsp3) is 0.233. The number of hydrogen-bond acceptors (Lipinski definition) is 6. The lowest BCUT2D eigenvalue weighted by Crippen LogP contribution is -2.42. The molecule has 1 amide bonds. The van der Waals surface area contributed by atoms with Crippen molar-refractivity contribution in [1.82, 2.24) is 10.3 Å². The molecule has 0 aliphatic rings. The molecule has 1 atom stereocenters. The number of rotatable bonds is 11. The van der Waals surface area contributed by atoms with Crippen molar-refractivity contribution in [1.29, 1.82) is 0 Å². The van der Waals surface area contributed by atoms with Crippen LogP contribution >= 0.6 is 0 Å². The van der Waals surface area contributed by atoms with Gasteiger partial charge in [0, 0.05) is 41.9 Å². The number of nitrogens with zero attached hydrogens (tertiary/aromatic N) is 1. The van der Waals surface area contributed by atoms with Crippen molar-refractivity contribution < 1.29 is 28.2 Å². The quantitative estimate of drug-likeness (QED) is 0.238. The molecule has 0 saturated carbocycles. The van der Waals surface area contributed by atoms with Crippen molar-refractivity contribution in [3.63, 3.8) is 0 Å². The molecule has 4 rings (SSSR count). The number of carbonyl (C=O) groups excluding carboxylic acids is 1. The van der Waals surface area contributed by atoms with Crippen LogP contribution in [-0.4, -0.2) is 35.1 Å². The van der Waals surface area contributed by atoms with Crippen LogP contribution in [0.3, 0.4) is 0 Å². The molecule has 8 nitrogen and oxygen atoms in total. The third-order valence-corrected chi connectivity index (χ3v) is 6.37. The van der Waals surface area contributed by atoms with Gasteiger partial charge in [-0.15, -0.1) is 0 Å². The van der Waals surface area contributed by atoms with E-state index in [0.29, 0.717) is 47.0 Å². The molecule has 2 heterocycles. The molecular formula is C30H30FN3O5. The lowest BCUT2D eigenvalue weighted by atomic mass is 9.98. The average Bonchev–Trinajstić information content (AvgIpc) is 3.40. The highest BCUT2D eigenvalue weighted by molar-refractivity contribution is 5.99. The molecule has 0 aliphatic heterocycles. The smallest absolute Gasteiger partial charge is 0.326 e. The minimum Gasteiger partial charge on any atom is -0.497 e. The molecule has 0 radical (unpaired) electrons. The molecule has 0 saturated heterocycles. The first-order chi connectivity index (χ1) is 18.8. The second kappa shape index (κ2) is 12.3. The van der Waals surface area contributed by atoms with Crippen LogP contribution in [0, 0.1) is 12.7 Å². The number of carboxylic acid groups (broad SMARTS) is 1. The molecule has 0 fully saturated rings. The van der Waals surface area contributed by atoms with Gasteiger partial charge in [-0.05, 0) is 54.3 Å². The van der Waals surface area contributed by atoms with Gasteiger partial charge in [0.15, 0.2) is 0 Å². The van der Waals surface area contributed by atoms with Gasteiger partial charge >= 0.3 is 5.97 Å². The number of carbonyl (C=O) groups is 2. The van der Waals surface area contributed by atoms with E-state index in [0.717, 1.165) is 16.7 Å². The van der Waals surface area contributed by atoms with Gasteiger partial charge in [-0.25, -0.2) is 14.2 Å². The van der Waals surface area contributed by atoms with Crippen LogP contribution in [0.1, 0.15) is 39.5 Å². The Morgan fingerprint density at radius 2 is 1.87 bits per heavy atom. The van der Waals surface area contributed by atoms with Crippen LogP contribution in [0.25, 0.3) is 11.3 Å². The Bertz CT molecular complexity index is 1470. The van der Waals surface area contributed by atoms with E-state index in [1.165, 1.54) is 12.1 Å². The SMILES string of the molecule is CCc1cc(F)cc(C)c1C(=O)NC(Cc1ccc(-c2cc(CNc3cc(OC)ccn3)co2)cc1)C(=O)O. The molecule has 0 bridgehead atoms. The Hall–Kier alpha value is -4.66. The van der Waals surface area contributed by atoms with Gasteiger partial charge in [-0.3, -0.25) is 4.79 Å². The van der Waals surface area contributed by atoms with E-state index in [4.69, 9.17) is 9.15 Å². The minimum absolute atomic E-state index is 0.0872. The van der Waals surface area contributed by atoms with E-state index in [9.17, 15) is 19.1 Å². The third kappa shape index (κ3) is 6.81. The Labute approximate surface area is 225 Å². The fourth-order valence-electron chi connectivity index (χ4n) is 4.33. The summed E-state index contributed by atoms with van der Waals surface area (Å²) in [4.78, 5) is 29.2. The monoisotopic (exact) mass is 531 g/mol. The van der Waals surface area contributed by atoms with Crippen molar-refractivity contribution in [2.75, 3.05) is 12.4 Å². The maximum atomic E-state index is 13.8. The highest BCUT2D eigenvalue weighted by Gasteiger charge is 2.24. The van der Waals surface area contributed by atoms with Gasteiger partial charge < -0.3 is 24.9 Å². The number of aryl methyl sites for hydroxylation is 2. The lowest BCUT2D eigenvalue weighted by molar-refractivity contribution is -0.139. The molecule has 9 heteroatoms. The number of aromatic nitrogens is 1. The molecule has 0 spiro atoms. The number of furan rings is 1. The van der Waals surface area contributed by atoms with Crippen LogP contribution < -0.4 is 15.4 Å². The number of anilines is 1. The first kappa shape index (κ1) is 27.4. The highest BCUT2D eigenvalue weighted by Crippen LogP contribution is 2.24. The second-order valence-electron chi connectivity index (χ2n) is 9.13. The van der Waals surface area contributed by atoms with Gasteiger partial charge in [0.25, 0.3) is 5.91 Å². The number of nitrogens with one attached hydrogen (secondary N) is 2. The zero-order chi connectivity index (χ0) is 27.9. The van der Waals surface area contributed by atoms with Crippen molar-refractivity contribution >= 4 is 17.7 Å². The van der Waals surface area contributed by atoms with Gasteiger partial charge in [-0.1, -0.05) is 31.2 Å². The summed E-state index contributed by atoms with van der Waals surface area (Å²) in [7, 11) is 1.60. The zero-order valence-corrected chi connectivity index (χ0v) is 22.0. The lowest BCUT2D eigenvalue weighted by Gasteiger charge is -2.17. The number of ether oxygens (including phenoxy) is 1. The predicted octanol–water partition coefficient (Wildman–Crippen LogP) is 5.40. The second-order valence-corrected chi connectivity index (χ2v) is 9.13. The summed E-state index contributed by atoms with van der Waals surface area (Å²) in [5.41, 5.74) is 3.79. The minimum atomic E-state index is -1.15. The largest absolute Gasteiger partial charge is 0.497 e. The molecule has 39 heavy (non-hydrogen) atoms. The van der Waals surface area contributed by atoms with Gasteiger partial charge in [0.2, 0.25) is 0 Å². The molecular weight excluding hydrogens is 501 g/mol. The standard InChI is InChI=1S/C30H30FN3O5/c1-4-21-14-23(31)11-18(2)28(21)29(35)34-25(30(36)37)12-19-5-7-22(8-6-19)26-13-20(17-39-26)16-33-27-15-24(38-3)9-10-32-27/h5-11,13-15,17,25H,4,12,16H2,1-3H3,(H,32,33)(H,34,35)(H,36,37). The molecule has 1 unspecified atom stereocenters. The van der Waals surface area contributed by atoms with Crippen molar-refractivity contribution in [2.24, 2.45) is 0 Å². The normalized spacial score (nSPS) is 11.6. The van der Waals surface area contributed by atoms with Crippen molar-refractivity contribution in [3.05, 3.63) is 101 Å². The summed E-state index contributed by atoms with van der Waals surface area (Å²) in [6.45, 7) is 3.96. The molecule has 202 valence electrons. The van der Waals surface area contributed by atoms with Crippen LogP contribution in [-0.2, 0) is 24.2 Å². The van der Waals surface area contributed by atoms with Crippen molar-refractivity contribution in [2.45, 2.75) is 39.3 Å². The van der Waals surface area contributed by atoms with Crippen LogP contribution in [0.2, 0.25) is 0 Å². The fourth-order valence-corrected chi connectivity index (χ4v) is 4.33. The Morgan fingerprint density at radius 3 is 2.56 bits per heavy atom. The molecule has 0 aliphatic carbocycles. The van der Waals surface area contributed by atoms with E-state index in [1.54, 1.807) is 50.8 Å². The third-order valence-electron chi connectivity index (χ3n) is 6.37. The first-order valence-corrected chi connectivity index (χ1v) is 12.5. The number of hydrogen-bond donors (Lipinski definition) is 3. The topological polar surface area (TPSA) is 114 Å². The van der Waals surface area contributed by atoms with E-state index in [-0.39, 0.29) is 6.42 Å². The number of amides is 1. The van der Waals surface area contributed by atoms with Gasteiger partial charge in [0.1, 0.15) is 29.2 Å². The van der Waals surface area contributed by atoms with E-state index < -0.39 is 23.7 Å². The predicted molar refractivity (Wildman–Crippen MR) is 145 cm³/mol. The summed E-state index contributed by atoms with van der Waals surface area (Å²) in [6.07, 6.45) is 3.86. The maximum absolute atomic E-state index is 13.8.